The Morgan fingerprint density at radius 3 is 2.35 bits per heavy atom. The fourth-order valence-electron chi connectivity index (χ4n) is 2.31. The van der Waals surface area contributed by atoms with Crippen molar-refractivity contribution in [1.29, 1.82) is 0 Å². The summed E-state index contributed by atoms with van der Waals surface area (Å²) in [6.07, 6.45) is 2.26. The Balaban J connectivity index is 2.04. The van der Waals surface area contributed by atoms with Crippen LogP contribution in [0.2, 0.25) is 0 Å². The summed E-state index contributed by atoms with van der Waals surface area (Å²) in [5, 5.41) is 5.58. The van der Waals surface area contributed by atoms with Gasteiger partial charge in [-0.25, -0.2) is 0 Å². The Morgan fingerprint density at radius 2 is 1.65 bits per heavy atom. The highest BCUT2D eigenvalue weighted by molar-refractivity contribution is 6.05. The van der Waals surface area contributed by atoms with Crippen LogP contribution in [0.15, 0.2) is 48.5 Å². The monoisotopic (exact) mass is 354 g/mol. The minimum absolute atomic E-state index is 0.0515. The van der Waals surface area contributed by atoms with Gasteiger partial charge < -0.3 is 15.4 Å². The molecule has 2 N–H and O–H groups in total. The molecule has 6 nitrogen and oxygen atoms in total. The molecule has 0 saturated carbocycles. The molecule has 0 aliphatic carbocycles. The van der Waals surface area contributed by atoms with Crippen LogP contribution in [0.5, 0.6) is 5.75 Å². The van der Waals surface area contributed by atoms with Crippen molar-refractivity contribution in [2.24, 2.45) is 0 Å². The highest BCUT2D eigenvalue weighted by Gasteiger charge is 2.09. The van der Waals surface area contributed by atoms with E-state index in [1.807, 2.05) is 6.92 Å². The molecule has 0 saturated heterocycles. The SMILES string of the molecule is CCCCC(=O)Nc1cccc(NC(=O)c2cccc(OC(C)=O)c2)c1. The number of nitrogens with one attached hydrogen (secondary N) is 2. The van der Waals surface area contributed by atoms with Gasteiger partial charge in [0.25, 0.3) is 5.91 Å². The number of amides is 2. The number of rotatable bonds is 7. The molecule has 0 atom stereocenters. The van der Waals surface area contributed by atoms with E-state index in [0.717, 1.165) is 12.8 Å². The van der Waals surface area contributed by atoms with Gasteiger partial charge in [0.2, 0.25) is 5.91 Å². The second-order valence-corrected chi connectivity index (χ2v) is 5.81. The number of ether oxygens (including phenoxy) is 1. The van der Waals surface area contributed by atoms with Gasteiger partial charge in [0.1, 0.15) is 5.75 Å². The van der Waals surface area contributed by atoms with Crippen molar-refractivity contribution in [2.45, 2.75) is 33.1 Å². The van der Waals surface area contributed by atoms with Gasteiger partial charge in [-0.15, -0.1) is 0 Å². The number of carbonyl (C=O) groups is 3. The molecule has 0 aliphatic heterocycles. The third kappa shape index (κ3) is 6.05. The second-order valence-electron chi connectivity index (χ2n) is 5.81. The molecule has 0 heterocycles. The lowest BCUT2D eigenvalue weighted by Gasteiger charge is -2.09. The predicted molar refractivity (Wildman–Crippen MR) is 100 cm³/mol. The molecule has 0 fully saturated rings. The average molecular weight is 354 g/mol. The molecule has 0 bridgehead atoms. The van der Waals surface area contributed by atoms with Crippen LogP contribution in [-0.2, 0) is 9.59 Å². The van der Waals surface area contributed by atoms with Crippen LogP contribution in [0.4, 0.5) is 11.4 Å². The summed E-state index contributed by atoms with van der Waals surface area (Å²) in [4.78, 5) is 35.2. The van der Waals surface area contributed by atoms with Gasteiger partial charge in [-0.1, -0.05) is 25.5 Å². The Hall–Kier alpha value is -3.15. The first-order valence-corrected chi connectivity index (χ1v) is 8.47. The lowest BCUT2D eigenvalue weighted by atomic mass is 10.2. The Bertz CT molecular complexity index is 802. The number of hydrogen-bond donors (Lipinski definition) is 2. The van der Waals surface area contributed by atoms with Crippen molar-refractivity contribution in [3.8, 4) is 5.75 Å². The summed E-state index contributed by atoms with van der Waals surface area (Å²) in [7, 11) is 0. The fraction of sp³-hybridized carbons (Fsp3) is 0.250. The number of benzene rings is 2. The molecular formula is C20H22N2O4. The van der Waals surface area contributed by atoms with Gasteiger partial charge in [-0.05, 0) is 42.8 Å². The van der Waals surface area contributed by atoms with E-state index in [1.54, 1.807) is 42.5 Å². The first-order valence-electron chi connectivity index (χ1n) is 8.47. The van der Waals surface area contributed by atoms with Crippen molar-refractivity contribution in [2.75, 3.05) is 10.6 Å². The van der Waals surface area contributed by atoms with Crippen LogP contribution < -0.4 is 15.4 Å². The molecule has 2 aromatic rings. The van der Waals surface area contributed by atoms with Crippen LogP contribution in [0.3, 0.4) is 0 Å². The van der Waals surface area contributed by atoms with E-state index in [1.165, 1.54) is 13.0 Å². The molecule has 2 rings (SSSR count). The van der Waals surface area contributed by atoms with Crippen molar-refractivity contribution in [3.63, 3.8) is 0 Å². The third-order valence-corrected chi connectivity index (χ3v) is 3.52. The number of hydrogen-bond acceptors (Lipinski definition) is 4. The van der Waals surface area contributed by atoms with Gasteiger partial charge in [0.05, 0.1) is 0 Å². The second kappa shape index (κ2) is 9.36. The minimum atomic E-state index is -0.450. The molecule has 2 aromatic carbocycles. The van der Waals surface area contributed by atoms with Gasteiger partial charge in [-0.3, -0.25) is 14.4 Å². The molecule has 0 aromatic heterocycles. The van der Waals surface area contributed by atoms with Gasteiger partial charge in [-0.2, -0.15) is 0 Å². The highest BCUT2D eigenvalue weighted by atomic mass is 16.5. The summed E-state index contributed by atoms with van der Waals surface area (Å²) in [6.45, 7) is 3.33. The lowest BCUT2D eigenvalue weighted by Crippen LogP contribution is -2.14. The Morgan fingerprint density at radius 1 is 0.962 bits per heavy atom. The number of unbranched alkanes of at least 4 members (excludes halogenated alkanes) is 1. The molecular weight excluding hydrogens is 332 g/mol. The van der Waals surface area contributed by atoms with Crippen LogP contribution in [-0.4, -0.2) is 17.8 Å². The van der Waals surface area contributed by atoms with E-state index in [0.29, 0.717) is 29.1 Å². The molecule has 2 amide bonds. The molecule has 26 heavy (non-hydrogen) atoms. The Kier molecular flexibility index (Phi) is 6.91. The van der Waals surface area contributed by atoms with E-state index in [4.69, 9.17) is 4.74 Å². The number of carbonyl (C=O) groups excluding carboxylic acids is 3. The summed E-state index contributed by atoms with van der Waals surface area (Å²) in [5.74, 6) is -0.533. The normalized spacial score (nSPS) is 10.1. The zero-order valence-corrected chi connectivity index (χ0v) is 14.9. The minimum Gasteiger partial charge on any atom is -0.427 e. The first kappa shape index (κ1) is 19.2. The molecule has 0 aliphatic rings. The van der Waals surface area contributed by atoms with Crippen molar-refractivity contribution < 1.29 is 19.1 Å². The maximum atomic E-state index is 12.4. The quantitative estimate of drug-likeness (QED) is 0.581. The van der Waals surface area contributed by atoms with Gasteiger partial charge in [0.15, 0.2) is 0 Å². The Labute approximate surface area is 152 Å². The smallest absolute Gasteiger partial charge is 0.308 e. The summed E-state index contributed by atoms with van der Waals surface area (Å²) < 4.78 is 4.98. The van der Waals surface area contributed by atoms with Crippen molar-refractivity contribution in [1.82, 2.24) is 0 Å². The van der Waals surface area contributed by atoms with Crippen LogP contribution in [0.1, 0.15) is 43.5 Å². The molecule has 136 valence electrons. The van der Waals surface area contributed by atoms with E-state index in [9.17, 15) is 14.4 Å². The number of esters is 1. The third-order valence-electron chi connectivity index (χ3n) is 3.52. The molecule has 0 radical (unpaired) electrons. The van der Waals surface area contributed by atoms with Gasteiger partial charge >= 0.3 is 5.97 Å². The van der Waals surface area contributed by atoms with Crippen molar-refractivity contribution >= 4 is 29.2 Å². The van der Waals surface area contributed by atoms with E-state index < -0.39 is 5.97 Å². The van der Waals surface area contributed by atoms with Crippen LogP contribution in [0, 0.1) is 0 Å². The summed E-state index contributed by atoms with van der Waals surface area (Å²) in [6, 6.07) is 13.3. The van der Waals surface area contributed by atoms with Crippen LogP contribution >= 0.6 is 0 Å². The zero-order chi connectivity index (χ0) is 18.9. The average Bonchev–Trinajstić information content (AvgIpc) is 2.60. The topological polar surface area (TPSA) is 84.5 Å². The van der Waals surface area contributed by atoms with Crippen molar-refractivity contribution in [3.05, 3.63) is 54.1 Å². The van der Waals surface area contributed by atoms with E-state index in [-0.39, 0.29) is 11.8 Å². The predicted octanol–water partition coefficient (Wildman–Crippen LogP) is 3.99. The first-order chi connectivity index (χ1) is 12.5. The number of anilines is 2. The standard InChI is InChI=1S/C20H22N2O4/c1-3-4-11-19(24)21-16-8-6-9-17(13-16)22-20(25)15-7-5-10-18(12-15)26-14(2)23/h5-10,12-13H,3-4,11H2,1-2H3,(H,21,24)(H,22,25). The van der Waals surface area contributed by atoms with E-state index in [2.05, 4.69) is 10.6 Å². The van der Waals surface area contributed by atoms with Gasteiger partial charge in [0, 0.05) is 30.3 Å². The maximum Gasteiger partial charge on any atom is 0.308 e. The highest BCUT2D eigenvalue weighted by Crippen LogP contribution is 2.18. The molecule has 0 spiro atoms. The largest absolute Gasteiger partial charge is 0.427 e. The van der Waals surface area contributed by atoms with Crippen LogP contribution in [0.25, 0.3) is 0 Å². The maximum absolute atomic E-state index is 12.4. The molecule has 6 heteroatoms. The van der Waals surface area contributed by atoms with E-state index >= 15 is 0 Å². The molecule has 0 unspecified atom stereocenters. The summed E-state index contributed by atoms with van der Waals surface area (Å²) in [5.41, 5.74) is 1.54. The fourth-order valence-corrected chi connectivity index (χ4v) is 2.31. The lowest BCUT2D eigenvalue weighted by molar-refractivity contribution is -0.131. The zero-order valence-electron chi connectivity index (χ0n) is 14.9. The summed E-state index contributed by atoms with van der Waals surface area (Å²) >= 11 is 0.